The Morgan fingerprint density at radius 2 is 2.29 bits per heavy atom. The summed E-state index contributed by atoms with van der Waals surface area (Å²) in [7, 11) is 0. The maximum Gasteiger partial charge on any atom is 0.133 e. The summed E-state index contributed by atoms with van der Waals surface area (Å²) in [5.74, 6) is 1.67. The van der Waals surface area contributed by atoms with Gasteiger partial charge >= 0.3 is 0 Å². The van der Waals surface area contributed by atoms with Crippen molar-refractivity contribution in [2.24, 2.45) is 5.92 Å². The minimum atomic E-state index is 0.599. The van der Waals surface area contributed by atoms with Gasteiger partial charge in [0.2, 0.25) is 0 Å². The summed E-state index contributed by atoms with van der Waals surface area (Å²) < 4.78 is 11.1. The molecule has 0 aromatic carbocycles. The maximum absolute atomic E-state index is 5.63. The second-order valence-corrected chi connectivity index (χ2v) is 5.26. The lowest BCUT2D eigenvalue weighted by molar-refractivity contribution is 0.0962. The van der Waals surface area contributed by atoms with Gasteiger partial charge < -0.3 is 14.5 Å². The maximum atomic E-state index is 5.63. The molecule has 0 atom stereocenters. The predicted octanol–water partition coefficient (Wildman–Crippen LogP) is 3.09. The van der Waals surface area contributed by atoms with Crippen molar-refractivity contribution in [3.05, 3.63) is 23.7 Å². The minimum absolute atomic E-state index is 0.599. The van der Waals surface area contributed by atoms with Crippen molar-refractivity contribution in [2.75, 3.05) is 6.61 Å². The van der Waals surface area contributed by atoms with E-state index < -0.39 is 0 Å². The molecule has 3 nitrogen and oxygen atoms in total. The summed E-state index contributed by atoms with van der Waals surface area (Å²) in [6.45, 7) is 6.74. The number of hydrogen-bond donors (Lipinski definition) is 1. The van der Waals surface area contributed by atoms with Crippen molar-refractivity contribution in [3.63, 3.8) is 0 Å². The third-order valence-electron chi connectivity index (χ3n) is 3.07. The Bertz CT molecular complexity index is 329. The Balaban J connectivity index is 1.69. The molecule has 1 saturated carbocycles. The molecule has 0 bridgehead atoms. The standard InChI is InChI=1S/C14H23NO2/c1-11(2)5-7-16-10-14-12(6-8-17-14)9-15-13-3-4-13/h6,8,11,13,15H,3-5,7,9-10H2,1-2H3. The molecule has 1 fully saturated rings. The number of rotatable bonds is 8. The van der Waals surface area contributed by atoms with E-state index in [-0.39, 0.29) is 0 Å². The average molecular weight is 237 g/mol. The van der Waals surface area contributed by atoms with Gasteiger partial charge in [-0.2, -0.15) is 0 Å². The molecule has 17 heavy (non-hydrogen) atoms. The van der Waals surface area contributed by atoms with Gasteiger partial charge in [-0.1, -0.05) is 13.8 Å². The van der Waals surface area contributed by atoms with Crippen LogP contribution in [0.25, 0.3) is 0 Å². The zero-order chi connectivity index (χ0) is 12.1. The van der Waals surface area contributed by atoms with Crippen molar-refractivity contribution < 1.29 is 9.15 Å². The first-order valence-corrected chi connectivity index (χ1v) is 6.62. The fraction of sp³-hybridized carbons (Fsp3) is 0.714. The highest BCUT2D eigenvalue weighted by atomic mass is 16.5. The van der Waals surface area contributed by atoms with Gasteiger partial charge in [-0.25, -0.2) is 0 Å². The molecular weight excluding hydrogens is 214 g/mol. The Morgan fingerprint density at radius 3 is 3.00 bits per heavy atom. The van der Waals surface area contributed by atoms with Crippen LogP contribution in [0.1, 0.15) is 44.4 Å². The van der Waals surface area contributed by atoms with Gasteiger partial charge in [0, 0.05) is 24.8 Å². The molecule has 0 radical (unpaired) electrons. The molecular formula is C14H23NO2. The summed E-state index contributed by atoms with van der Waals surface area (Å²) >= 11 is 0. The molecule has 1 heterocycles. The van der Waals surface area contributed by atoms with E-state index in [4.69, 9.17) is 9.15 Å². The van der Waals surface area contributed by atoms with Crippen molar-refractivity contribution >= 4 is 0 Å². The van der Waals surface area contributed by atoms with Crippen molar-refractivity contribution in [3.8, 4) is 0 Å². The smallest absolute Gasteiger partial charge is 0.133 e. The zero-order valence-corrected chi connectivity index (χ0v) is 10.9. The number of hydrogen-bond acceptors (Lipinski definition) is 3. The van der Waals surface area contributed by atoms with E-state index in [9.17, 15) is 0 Å². The molecule has 2 rings (SSSR count). The highest BCUT2D eigenvalue weighted by molar-refractivity contribution is 5.16. The van der Waals surface area contributed by atoms with Gasteiger partial charge in [0.25, 0.3) is 0 Å². The van der Waals surface area contributed by atoms with Gasteiger partial charge in [-0.15, -0.1) is 0 Å². The Kier molecular flexibility index (Phi) is 4.63. The third-order valence-corrected chi connectivity index (χ3v) is 3.07. The van der Waals surface area contributed by atoms with Crippen molar-refractivity contribution in [1.29, 1.82) is 0 Å². The molecule has 1 aliphatic carbocycles. The number of nitrogens with one attached hydrogen (secondary N) is 1. The largest absolute Gasteiger partial charge is 0.467 e. The van der Waals surface area contributed by atoms with Gasteiger partial charge in [0.15, 0.2) is 0 Å². The number of ether oxygens (including phenoxy) is 1. The quantitative estimate of drug-likeness (QED) is 0.705. The summed E-state index contributed by atoms with van der Waals surface area (Å²) in [5, 5.41) is 3.49. The second kappa shape index (κ2) is 6.22. The molecule has 3 heteroatoms. The Labute approximate surface area is 104 Å². The molecule has 0 spiro atoms. The Hall–Kier alpha value is -0.800. The second-order valence-electron chi connectivity index (χ2n) is 5.26. The lowest BCUT2D eigenvalue weighted by Gasteiger charge is -2.07. The van der Waals surface area contributed by atoms with E-state index in [1.54, 1.807) is 6.26 Å². The first-order chi connectivity index (χ1) is 8.25. The minimum Gasteiger partial charge on any atom is -0.467 e. The summed E-state index contributed by atoms with van der Waals surface area (Å²) in [5.41, 5.74) is 1.24. The first kappa shape index (κ1) is 12.7. The third kappa shape index (κ3) is 4.52. The van der Waals surface area contributed by atoms with Crippen LogP contribution in [0.5, 0.6) is 0 Å². The highest BCUT2D eigenvalue weighted by Gasteiger charge is 2.20. The molecule has 1 aromatic heterocycles. The fourth-order valence-corrected chi connectivity index (χ4v) is 1.68. The molecule has 0 saturated heterocycles. The molecule has 1 N–H and O–H groups in total. The highest BCUT2D eigenvalue weighted by Crippen LogP contribution is 2.20. The fourth-order valence-electron chi connectivity index (χ4n) is 1.68. The van der Waals surface area contributed by atoms with E-state index in [1.165, 1.54) is 18.4 Å². The lowest BCUT2D eigenvalue weighted by Crippen LogP contribution is -2.15. The molecule has 1 aromatic rings. The normalized spacial score (nSPS) is 15.7. The van der Waals surface area contributed by atoms with Crippen LogP contribution in [-0.4, -0.2) is 12.6 Å². The van der Waals surface area contributed by atoms with Gasteiger partial charge in [-0.05, 0) is 31.2 Å². The Morgan fingerprint density at radius 1 is 1.47 bits per heavy atom. The van der Waals surface area contributed by atoms with Crippen LogP contribution in [0.4, 0.5) is 0 Å². The number of furan rings is 1. The average Bonchev–Trinajstić information content (AvgIpc) is 3.02. The van der Waals surface area contributed by atoms with Gasteiger partial charge in [0.1, 0.15) is 12.4 Å². The molecule has 96 valence electrons. The van der Waals surface area contributed by atoms with Crippen LogP contribution in [0.2, 0.25) is 0 Å². The van der Waals surface area contributed by atoms with Crippen LogP contribution in [0.3, 0.4) is 0 Å². The topological polar surface area (TPSA) is 34.4 Å². The molecule has 0 amide bonds. The van der Waals surface area contributed by atoms with Crippen LogP contribution >= 0.6 is 0 Å². The van der Waals surface area contributed by atoms with E-state index in [0.29, 0.717) is 12.5 Å². The van der Waals surface area contributed by atoms with E-state index in [2.05, 4.69) is 19.2 Å². The first-order valence-electron chi connectivity index (χ1n) is 6.62. The van der Waals surface area contributed by atoms with Gasteiger partial charge in [0.05, 0.1) is 6.26 Å². The molecule has 1 aliphatic rings. The molecule has 0 unspecified atom stereocenters. The van der Waals surface area contributed by atoms with Crippen LogP contribution in [0.15, 0.2) is 16.7 Å². The van der Waals surface area contributed by atoms with Crippen LogP contribution in [0, 0.1) is 5.92 Å². The monoisotopic (exact) mass is 237 g/mol. The van der Waals surface area contributed by atoms with Crippen LogP contribution < -0.4 is 5.32 Å². The lowest BCUT2D eigenvalue weighted by atomic mass is 10.1. The SMILES string of the molecule is CC(C)CCOCc1occc1CNC1CC1. The van der Waals surface area contributed by atoms with Crippen molar-refractivity contribution in [2.45, 2.75) is 52.3 Å². The van der Waals surface area contributed by atoms with Crippen LogP contribution in [-0.2, 0) is 17.9 Å². The van der Waals surface area contributed by atoms with Gasteiger partial charge in [-0.3, -0.25) is 0 Å². The van der Waals surface area contributed by atoms with E-state index in [0.717, 1.165) is 31.4 Å². The zero-order valence-electron chi connectivity index (χ0n) is 10.9. The predicted molar refractivity (Wildman–Crippen MR) is 67.7 cm³/mol. The van der Waals surface area contributed by atoms with E-state index in [1.807, 2.05) is 6.07 Å². The summed E-state index contributed by atoms with van der Waals surface area (Å²) in [4.78, 5) is 0. The van der Waals surface area contributed by atoms with Crippen molar-refractivity contribution in [1.82, 2.24) is 5.32 Å². The summed E-state index contributed by atoms with van der Waals surface area (Å²) in [6, 6.07) is 2.77. The summed E-state index contributed by atoms with van der Waals surface area (Å²) in [6.07, 6.45) is 5.50. The van der Waals surface area contributed by atoms with E-state index >= 15 is 0 Å². The molecule has 0 aliphatic heterocycles.